The highest BCUT2D eigenvalue weighted by Gasteiger charge is 2.09. The predicted molar refractivity (Wildman–Crippen MR) is 94.3 cm³/mol. The Kier molecular flexibility index (Phi) is 6.42. The topological polar surface area (TPSA) is 72.5 Å². The lowest BCUT2D eigenvalue weighted by Gasteiger charge is -2.13. The molecular weight excluding hydrogens is 306 g/mol. The summed E-state index contributed by atoms with van der Waals surface area (Å²) < 4.78 is 10.6. The molecule has 0 aliphatic rings. The van der Waals surface area contributed by atoms with Crippen LogP contribution in [0.2, 0.25) is 0 Å². The third-order valence-electron chi connectivity index (χ3n) is 3.49. The smallest absolute Gasteiger partial charge is 0.269 e. The van der Waals surface area contributed by atoms with Gasteiger partial charge >= 0.3 is 0 Å². The number of methoxy groups -OCH3 is 2. The van der Waals surface area contributed by atoms with Crippen molar-refractivity contribution in [3.63, 3.8) is 0 Å². The number of hydrogen-bond acceptors (Lipinski definition) is 5. The summed E-state index contributed by atoms with van der Waals surface area (Å²) in [4.78, 5) is 16.2. The zero-order valence-corrected chi connectivity index (χ0v) is 14.3. The van der Waals surface area contributed by atoms with Gasteiger partial charge in [-0.1, -0.05) is 13.3 Å². The number of anilines is 2. The average molecular weight is 329 g/mol. The molecule has 0 atom stereocenters. The number of nitrogens with one attached hydrogen (secondary N) is 2. The first-order chi connectivity index (χ1) is 11.7. The van der Waals surface area contributed by atoms with Crippen molar-refractivity contribution < 1.29 is 14.3 Å². The van der Waals surface area contributed by atoms with Crippen LogP contribution < -0.4 is 20.1 Å². The van der Waals surface area contributed by atoms with E-state index < -0.39 is 0 Å². The molecule has 6 heteroatoms. The minimum Gasteiger partial charge on any atom is -0.497 e. The van der Waals surface area contributed by atoms with Gasteiger partial charge < -0.3 is 20.1 Å². The van der Waals surface area contributed by atoms with E-state index in [1.54, 1.807) is 32.5 Å². The Morgan fingerprint density at radius 3 is 2.71 bits per heavy atom. The largest absolute Gasteiger partial charge is 0.497 e. The summed E-state index contributed by atoms with van der Waals surface area (Å²) in [6.45, 7) is 2.73. The van der Waals surface area contributed by atoms with Gasteiger partial charge in [-0.15, -0.1) is 0 Å². The predicted octanol–water partition coefficient (Wildman–Crippen LogP) is 3.37. The van der Waals surface area contributed by atoms with E-state index in [1.807, 2.05) is 18.2 Å². The molecule has 0 aliphatic carbocycles. The van der Waals surface area contributed by atoms with Crippen molar-refractivity contribution in [2.45, 2.75) is 19.8 Å². The molecule has 1 aromatic heterocycles. The van der Waals surface area contributed by atoms with Crippen LogP contribution in [0, 0.1) is 0 Å². The lowest BCUT2D eigenvalue weighted by atomic mass is 10.2. The summed E-state index contributed by atoms with van der Waals surface area (Å²) in [6.07, 6.45) is 3.58. The van der Waals surface area contributed by atoms with Crippen molar-refractivity contribution in [1.29, 1.82) is 0 Å². The van der Waals surface area contributed by atoms with Gasteiger partial charge in [0.2, 0.25) is 0 Å². The summed E-state index contributed by atoms with van der Waals surface area (Å²) >= 11 is 0. The Bertz CT molecular complexity index is 689. The third kappa shape index (κ3) is 4.62. The molecule has 0 unspecified atom stereocenters. The number of pyridine rings is 1. The van der Waals surface area contributed by atoms with Gasteiger partial charge in [-0.25, -0.2) is 0 Å². The molecule has 0 saturated carbocycles. The zero-order chi connectivity index (χ0) is 17.4. The van der Waals surface area contributed by atoms with Crippen LogP contribution in [0.5, 0.6) is 11.5 Å². The second-order valence-corrected chi connectivity index (χ2v) is 5.23. The maximum Gasteiger partial charge on any atom is 0.269 e. The molecule has 2 N–H and O–H groups in total. The number of aromatic nitrogens is 1. The van der Waals surface area contributed by atoms with Crippen LogP contribution in [0.25, 0.3) is 0 Å². The molecule has 0 spiro atoms. The van der Waals surface area contributed by atoms with Crippen molar-refractivity contribution in [3.8, 4) is 11.5 Å². The van der Waals surface area contributed by atoms with Crippen LogP contribution in [0.4, 0.5) is 11.4 Å². The summed E-state index contributed by atoms with van der Waals surface area (Å²) in [7, 11) is 3.21. The molecule has 0 saturated heterocycles. The van der Waals surface area contributed by atoms with Gasteiger partial charge in [0.1, 0.15) is 17.2 Å². The monoisotopic (exact) mass is 329 g/mol. The molecule has 24 heavy (non-hydrogen) atoms. The Morgan fingerprint density at radius 2 is 2.00 bits per heavy atom. The first-order valence-corrected chi connectivity index (χ1v) is 7.91. The van der Waals surface area contributed by atoms with Gasteiger partial charge in [0.25, 0.3) is 5.91 Å². The standard InChI is InChI=1S/C18H23N3O3/c1-4-5-9-20-18(22)16-11-13(8-10-19-16)21-15-12-14(23-2)6-7-17(15)24-3/h6-8,10-12H,4-5,9H2,1-3H3,(H,19,21)(H,20,22). The zero-order valence-electron chi connectivity index (χ0n) is 14.3. The SMILES string of the molecule is CCCCNC(=O)c1cc(Nc2cc(OC)ccc2OC)ccn1. The van der Waals surface area contributed by atoms with Crippen molar-refractivity contribution in [3.05, 3.63) is 42.2 Å². The molecule has 1 heterocycles. The van der Waals surface area contributed by atoms with Crippen LogP contribution in [-0.4, -0.2) is 31.7 Å². The lowest BCUT2D eigenvalue weighted by Crippen LogP contribution is -2.25. The molecule has 0 bridgehead atoms. The van der Waals surface area contributed by atoms with Gasteiger partial charge in [-0.3, -0.25) is 9.78 Å². The van der Waals surface area contributed by atoms with E-state index in [1.165, 1.54) is 0 Å². The fraction of sp³-hybridized carbons (Fsp3) is 0.333. The average Bonchev–Trinajstić information content (AvgIpc) is 2.62. The first-order valence-electron chi connectivity index (χ1n) is 7.91. The van der Waals surface area contributed by atoms with Crippen molar-refractivity contribution in [2.24, 2.45) is 0 Å². The highest BCUT2D eigenvalue weighted by Crippen LogP contribution is 2.31. The van der Waals surface area contributed by atoms with Crippen LogP contribution in [0.3, 0.4) is 0 Å². The number of amides is 1. The van der Waals surface area contributed by atoms with Crippen LogP contribution in [0.15, 0.2) is 36.5 Å². The fourth-order valence-electron chi connectivity index (χ4n) is 2.17. The Morgan fingerprint density at radius 1 is 1.17 bits per heavy atom. The molecule has 0 aliphatic heterocycles. The number of benzene rings is 1. The molecule has 1 aromatic carbocycles. The summed E-state index contributed by atoms with van der Waals surface area (Å²) in [5, 5.41) is 6.09. The van der Waals surface area contributed by atoms with Crippen molar-refractivity contribution in [1.82, 2.24) is 10.3 Å². The quantitative estimate of drug-likeness (QED) is 0.727. The number of rotatable bonds is 8. The van der Waals surface area contributed by atoms with Crippen molar-refractivity contribution in [2.75, 3.05) is 26.1 Å². The first kappa shape index (κ1) is 17.6. The van der Waals surface area contributed by atoms with E-state index in [0.29, 0.717) is 23.7 Å². The second-order valence-electron chi connectivity index (χ2n) is 5.23. The van der Waals surface area contributed by atoms with Gasteiger partial charge in [0.05, 0.1) is 19.9 Å². The summed E-state index contributed by atoms with van der Waals surface area (Å²) in [6, 6.07) is 8.98. The van der Waals surface area contributed by atoms with Crippen LogP contribution in [0.1, 0.15) is 30.3 Å². The lowest BCUT2D eigenvalue weighted by molar-refractivity contribution is 0.0948. The van der Waals surface area contributed by atoms with Gasteiger partial charge in [0, 0.05) is 24.5 Å². The Labute approximate surface area is 142 Å². The number of nitrogens with zero attached hydrogens (tertiary/aromatic N) is 1. The number of hydrogen-bond donors (Lipinski definition) is 2. The molecule has 128 valence electrons. The minimum atomic E-state index is -0.176. The second kappa shape index (κ2) is 8.76. The van der Waals surface area contributed by atoms with E-state index in [9.17, 15) is 4.79 Å². The van der Waals surface area contributed by atoms with E-state index in [2.05, 4.69) is 22.5 Å². The molecule has 0 radical (unpaired) electrons. The van der Waals surface area contributed by atoms with E-state index in [0.717, 1.165) is 24.2 Å². The number of carbonyl (C=O) groups is 1. The molecule has 6 nitrogen and oxygen atoms in total. The van der Waals surface area contributed by atoms with Crippen LogP contribution >= 0.6 is 0 Å². The third-order valence-corrected chi connectivity index (χ3v) is 3.49. The minimum absolute atomic E-state index is 0.176. The normalized spacial score (nSPS) is 10.1. The van der Waals surface area contributed by atoms with Crippen LogP contribution in [-0.2, 0) is 0 Å². The molecule has 0 fully saturated rings. The summed E-state index contributed by atoms with van der Waals surface area (Å²) in [5.41, 5.74) is 1.87. The highest BCUT2D eigenvalue weighted by molar-refractivity contribution is 5.93. The number of carbonyl (C=O) groups excluding carboxylic acids is 1. The Hall–Kier alpha value is -2.76. The van der Waals surface area contributed by atoms with E-state index in [-0.39, 0.29) is 5.91 Å². The highest BCUT2D eigenvalue weighted by atomic mass is 16.5. The maximum absolute atomic E-state index is 12.1. The van der Waals surface area contributed by atoms with Crippen molar-refractivity contribution >= 4 is 17.3 Å². The van der Waals surface area contributed by atoms with Gasteiger partial charge in [-0.05, 0) is 30.7 Å². The molecule has 2 aromatic rings. The van der Waals surface area contributed by atoms with Gasteiger partial charge in [-0.2, -0.15) is 0 Å². The fourth-order valence-corrected chi connectivity index (χ4v) is 2.17. The Balaban J connectivity index is 2.16. The molecular formula is C18H23N3O3. The number of unbranched alkanes of at least 4 members (excludes halogenated alkanes) is 1. The van der Waals surface area contributed by atoms with Gasteiger partial charge in [0.15, 0.2) is 0 Å². The summed E-state index contributed by atoms with van der Waals surface area (Å²) in [5.74, 6) is 1.22. The molecule has 2 rings (SSSR count). The maximum atomic E-state index is 12.1. The van der Waals surface area contributed by atoms with E-state index in [4.69, 9.17) is 9.47 Å². The van der Waals surface area contributed by atoms with E-state index >= 15 is 0 Å². The number of ether oxygens (including phenoxy) is 2. The molecule has 1 amide bonds.